The van der Waals surface area contributed by atoms with Crippen molar-refractivity contribution in [3.63, 3.8) is 0 Å². The summed E-state index contributed by atoms with van der Waals surface area (Å²) in [4.78, 5) is 23.4. The van der Waals surface area contributed by atoms with E-state index in [2.05, 4.69) is 20.3 Å². The third-order valence-electron chi connectivity index (χ3n) is 3.17. The van der Waals surface area contributed by atoms with Crippen LogP contribution in [0.3, 0.4) is 0 Å². The van der Waals surface area contributed by atoms with Crippen molar-refractivity contribution in [2.24, 2.45) is 0 Å². The van der Waals surface area contributed by atoms with Crippen LogP contribution in [0, 0.1) is 0 Å². The highest BCUT2D eigenvalue weighted by atomic mass is 32.2. The highest BCUT2D eigenvalue weighted by molar-refractivity contribution is 8.01. The quantitative estimate of drug-likeness (QED) is 0.234. The lowest BCUT2D eigenvalue weighted by Gasteiger charge is -2.11. The number of amides is 1. The second kappa shape index (κ2) is 12.1. The highest BCUT2D eigenvalue weighted by Crippen LogP contribution is 2.30. The predicted octanol–water partition coefficient (Wildman–Crippen LogP) is 3.85. The number of esters is 1. The van der Waals surface area contributed by atoms with Crippen molar-refractivity contribution >= 4 is 46.2 Å². The van der Waals surface area contributed by atoms with E-state index in [-0.39, 0.29) is 35.0 Å². The number of hydrogen-bond donors (Lipinski definition) is 1. The molecule has 1 aromatic heterocycles. The zero-order valence-corrected chi connectivity index (χ0v) is 17.7. The Morgan fingerprint density at radius 2 is 2.03 bits per heavy atom. The Balaban J connectivity index is 1.94. The van der Waals surface area contributed by atoms with Gasteiger partial charge in [0.15, 0.2) is 15.8 Å². The van der Waals surface area contributed by atoms with Crippen LogP contribution < -0.4 is 14.8 Å². The molecule has 0 fully saturated rings. The number of nitrogens with one attached hydrogen (secondary N) is 1. The second-order valence-electron chi connectivity index (χ2n) is 5.31. The SMILES string of the molecule is CCOC(=O)CSc1nnc(NC(=O)/C=C/c2ccc(OC(F)F)c(OCC)c2)s1. The summed E-state index contributed by atoms with van der Waals surface area (Å²) < 4.78 is 39.9. The minimum atomic E-state index is -2.97. The number of carbonyl (C=O) groups excluding carboxylic acids is 2. The number of hydrogen-bond acceptors (Lipinski definition) is 9. The van der Waals surface area contributed by atoms with Gasteiger partial charge in [0.1, 0.15) is 0 Å². The topological polar surface area (TPSA) is 99.6 Å². The van der Waals surface area contributed by atoms with E-state index in [9.17, 15) is 18.4 Å². The molecule has 0 spiro atoms. The Labute approximate surface area is 179 Å². The fourth-order valence-corrected chi connectivity index (χ4v) is 3.60. The molecule has 162 valence electrons. The molecule has 0 unspecified atom stereocenters. The van der Waals surface area contributed by atoms with Crippen LogP contribution in [0.5, 0.6) is 11.5 Å². The van der Waals surface area contributed by atoms with Gasteiger partial charge in [-0.2, -0.15) is 8.78 Å². The molecule has 12 heteroatoms. The van der Waals surface area contributed by atoms with E-state index in [1.807, 2.05) is 0 Å². The van der Waals surface area contributed by atoms with Crippen LogP contribution in [0.4, 0.5) is 13.9 Å². The van der Waals surface area contributed by atoms with E-state index in [4.69, 9.17) is 9.47 Å². The third-order valence-corrected chi connectivity index (χ3v) is 5.11. The van der Waals surface area contributed by atoms with Gasteiger partial charge < -0.3 is 14.2 Å². The van der Waals surface area contributed by atoms with E-state index in [1.54, 1.807) is 13.8 Å². The van der Waals surface area contributed by atoms with E-state index in [0.29, 0.717) is 16.5 Å². The fraction of sp³-hybridized carbons (Fsp3) is 0.333. The number of benzene rings is 1. The zero-order valence-electron chi connectivity index (χ0n) is 16.1. The van der Waals surface area contributed by atoms with Gasteiger partial charge in [-0.1, -0.05) is 29.2 Å². The molecule has 2 rings (SSSR count). The lowest BCUT2D eigenvalue weighted by atomic mass is 10.2. The van der Waals surface area contributed by atoms with Gasteiger partial charge in [-0.25, -0.2) is 0 Å². The number of ether oxygens (including phenoxy) is 3. The third kappa shape index (κ3) is 7.95. The minimum Gasteiger partial charge on any atom is -0.490 e. The lowest BCUT2D eigenvalue weighted by molar-refractivity contribution is -0.139. The fourth-order valence-electron chi connectivity index (χ4n) is 2.05. The summed E-state index contributed by atoms with van der Waals surface area (Å²) in [5, 5.41) is 10.5. The van der Waals surface area contributed by atoms with Gasteiger partial charge in [0.25, 0.3) is 0 Å². The van der Waals surface area contributed by atoms with Crippen LogP contribution in [0.15, 0.2) is 28.6 Å². The maximum atomic E-state index is 12.4. The molecule has 0 aliphatic carbocycles. The first-order chi connectivity index (χ1) is 14.4. The van der Waals surface area contributed by atoms with Crippen LogP contribution in [-0.4, -0.2) is 47.7 Å². The monoisotopic (exact) mass is 459 g/mol. The van der Waals surface area contributed by atoms with Gasteiger partial charge in [-0.3, -0.25) is 14.9 Å². The molecule has 2 aromatic rings. The molecule has 0 aliphatic rings. The second-order valence-corrected chi connectivity index (χ2v) is 7.51. The van der Waals surface area contributed by atoms with Crippen LogP contribution >= 0.6 is 23.1 Å². The standard InChI is InChI=1S/C18H19F2N3O5S2/c1-3-26-13-9-11(5-7-12(13)28-16(19)20)6-8-14(24)21-17-22-23-18(30-17)29-10-15(25)27-4-2/h5-9,16H,3-4,10H2,1-2H3,(H,21,22,24)/b8-6+. The van der Waals surface area contributed by atoms with Crippen molar-refractivity contribution in [2.75, 3.05) is 24.3 Å². The first-order valence-corrected chi connectivity index (χ1v) is 10.5. The summed E-state index contributed by atoms with van der Waals surface area (Å²) >= 11 is 2.28. The minimum absolute atomic E-state index is 0.0878. The summed E-state index contributed by atoms with van der Waals surface area (Å²) in [6.07, 6.45) is 2.74. The Morgan fingerprint density at radius 1 is 1.23 bits per heavy atom. The van der Waals surface area contributed by atoms with Crippen molar-refractivity contribution < 1.29 is 32.6 Å². The summed E-state index contributed by atoms with van der Waals surface area (Å²) in [6, 6.07) is 4.34. The Bertz CT molecular complexity index is 892. The normalized spacial score (nSPS) is 11.0. The van der Waals surface area contributed by atoms with Gasteiger partial charge in [0.05, 0.1) is 19.0 Å². The molecule has 0 radical (unpaired) electrons. The maximum Gasteiger partial charge on any atom is 0.387 e. The largest absolute Gasteiger partial charge is 0.490 e. The molecule has 0 bridgehead atoms. The molecule has 30 heavy (non-hydrogen) atoms. The summed E-state index contributed by atoms with van der Waals surface area (Å²) in [5.74, 6) is -0.659. The molecule has 8 nitrogen and oxygen atoms in total. The molecule has 1 aromatic carbocycles. The highest BCUT2D eigenvalue weighted by Gasteiger charge is 2.12. The number of alkyl halides is 2. The molecular weight excluding hydrogens is 440 g/mol. The zero-order chi connectivity index (χ0) is 21.9. The van der Waals surface area contributed by atoms with Crippen LogP contribution in [0.1, 0.15) is 19.4 Å². The van der Waals surface area contributed by atoms with E-state index in [0.717, 1.165) is 23.1 Å². The lowest BCUT2D eigenvalue weighted by Crippen LogP contribution is -2.07. The van der Waals surface area contributed by atoms with Crippen molar-refractivity contribution in [1.82, 2.24) is 10.2 Å². The van der Waals surface area contributed by atoms with Crippen molar-refractivity contribution in [1.29, 1.82) is 0 Å². The number of thioether (sulfide) groups is 1. The average Bonchev–Trinajstić information content (AvgIpc) is 3.14. The summed E-state index contributed by atoms with van der Waals surface area (Å²) in [5.41, 5.74) is 0.554. The Morgan fingerprint density at radius 3 is 2.73 bits per heavy atom. The molecule has 0 atom stereocenters. The van der Waals surface area contributed by atoms with Gasteiger partial charge >= 0.3 is 12.6 Å². The Hall–Kier alpha value is -2.73. The molecule has 0 saturated heterocycles. The Kier molecular flexibility index (Phi) is 9.48. The smallest absolute Gasteiger partial charge is 0.387 e. The molecule has 0 aliphatic heterocycles. The van der Waals surface area contributed by atoms with Crippen LogP contribution in [0.25, 0.3) is 6.08 Å². The van der Waals surface area contributed by atoms with Crippen molar-refractivity contribution in [2.45, 2.75) is 24.8 Å². The summed E-state index contributed by atoms with van der Waals surface area (Å²) in [6.45, 7) is 1.03. The van der Waals surface area contributed by atoms with E-state index >= 15 is 0 Å². The average molecular weight is 459 g/mol. The number of carbonyl (C=O) groups is 2. The van der Waals surface area contributed by atoms with Crippen molar-refractivity contribution in [3.05, 3.63) is 29.8 Å². The summed E-state index contributed by atoms with van der Waals surface area (Å²) in [7, 11) is 0. The van der Waals surface area contributed by atoms with E-state index < -0.39 is 12.5 Å². The van der Waals surface area contributed by atoms with E-state index in [1.165, 1.54) is 30.4 Å². The molecule has 1 heterocycles. The van der Waals surface area contributed by atoms with Crippen LogP contribution in [0.2, 0.25) is 0 Å². The number of halogens is 2. The number of rotatable bonds is 11. The number of anilines is 1. The van der Waals surface area contributed by atoms with Gasteiger partial charge in [-0.15, -0.1) is 10.2 Å². The number of aromatic nitrogens is 2. The first-order valence-electron chi connectivity index (χ1n) is 8.73. The van der Waals surface area contributed by atoms with Crippen LogP contribution in [-0.2, 0) is 14.3 Å². The number of nitrogens with zero attached hydrogens (tertiary/aromatic N) is 2. The van der Waals surface area contributed by atoms with Crippen molar-refractivity contribution in [3.8, 4) is 11.5 Å². The molecule has 1 amide bonds. The molecule has 0 saturated carbocycles. The van der Waals surface area contributed by atoms with Gasteiger partial charge in [0, 0.05) is 6.08 Å². The van der Waals surface area contributed by atoms with Gasteiger partial charge in [-0.05, 0) is 37.6 Å². The van der Waals surface area contributed by atoms with Gasteiger partial charge in [0.2, 0.25) is 11.0 Å². The molecule has 1 N–H and O–H groups in total. The first kappa shape index (κ1) is 23.5. The predicted molar refractivity (Wildman–Crippen MR) is 109 cm³/mol. The molecular formula is C18H19F2N3O5S2. The maximum absolute atomic E-state index is 12.4.